The van der Waals surface area contributed by atoms with Gasteiger partial charge in [-0.3, -0.25) is 4.79 Å². The highest BCUT2D eigenvalue weighted by atomic mass is 35.5. The van der Waals surface area contributed by atoms with Crippen molar-refractivity contribution in [2.45, 2.75) is 32.7 Å². The first-order valence-corrected chi connectivity index (χ1v) is 7.13. The van der Waals surface area contributed by atoms with E-state index in [4.69, 9.17) is 11.6 Å². The number of benzene rings is 1. The lowest BCUT2D eigenvalue weighted by molar-refractivity contribution is 0.0474. The van der Waals surface area contributed by atoms with E-state index in [0.717, 1.165) is 18.7 Å². The van der Waals surface area contributed by atoms with Gasteiger partial charge in [-0.1, -0.05) is 18.5 Å². The van der Waals surface area contributed by atoms with Crippen LogP contribution in [0.3, 0.4) is 0 Å². The Balaban J connectivity index is 3.10. The van der Waals surface area contributed by atoms with Crippen LogP contribution in [0.2, 0.25) is 5.02 Å². The Morgan fingerprint density at radius 3 is 2.65 bits per heavy atom. The molecule has 2 N–H and O–H groups in total. The molecule has 20 heavy (non-hydrogen) atoms. The lowest BCUT2D eigenvalue weighted by Gasteiger charge is -2.34. The Kier molecular flexibility index (Phi) is 5.84. The largest absolute Gasteiger partial charge is 0.394 e. The molecule has 0 unspecified atom stereocenters. The van der Waals surface area contributed by atoms with Crippen LogP contribution in [0.25, 0.3) is 0 Å². The third kappa shape index (κ3) is 3.87. The Labute approximate surface area is 125 Å². The minimum Gasteiger partial charge on any atom is -0.394 e. The molecule has 1 amide bonds. The van der Waals surface area contributed by atoms with Crippen molar-refractivity contribution in [3.05, 3.63) is 28.8 Å². The van der Waals surface area contributed by atoms with E-state index >= 15 is 0 Å². The van der Waals surface area contributed by atoms with Crippen LogP contribution in [0.4, 0.5) is 5.69 Å². The van der Waals surface area contributed by atoms with Crippen molar-refractivity contribution < 1.29 is 9.90 Å². The number of amides is 1. The molecule has 0 spiro atoms. The topological polar surface area (TPSA) is 52.6 Å². The molecule has 1 rings (SSSR count). The lowest BCUT2D eigenvalue weighted by atomic mass is 10.0. The summed E-state index contributed by atoms with van der Waals surface area (Å²) in [5, 5.41) is 13.1. The zero-order valence-electron chi connectivity index (χ0n) is 12.5. The number of carbonyl (C=O) groups is 1. The first-order valence-electron chi connectivity index (χ1n) is 6.76. The summed E-state index contributed by atoms with van der Waals surface area (Å²) in [6.45, 7) is 6.37. The molecule has 0 radical (unpaired) electrons. The van der Waals surface area contributed by atoms with Crippen LogP contribution in [-0.2, 0) is 0 Å². The van der Waals surface area contributed by atoms with Gasteiger partial charge in [-0.2, -0.15) is 0 Å². The first-order chi connectivity index (χ1) is 9.33. The summed E-state index contributed by atoms with van der Waals surface area (Å²) in [5.41, 5.74) is 0.665. The maximum absolute atomic E-state index is 12.6. The number of hydrogen-bond donors (Lipinski definition) is 2. The monoisotopic (exact) mass is 298 g/mol. The molecule has 0 saturated carbocycles. The average molecular weight is 299 g/mol. The molecule has 4 nitrogen and oxygen atoms in total. The van der Waals surface area contributed by atoms with Gasteiger partial charge in [0.2, 0.25) is 0 Å². The molecule has 0 heterocycles. The van der Waals surface area contributed by atoms with E-state index < -0.39 is 5.54 Å². The molecule has 0 aromatic heterocycles. The van der Waals surface area contributed by atoms with Gasteiger partial charge in [0, 0.05) is 24.3 Å². The van der Waals surface area contributed by atoms with Gasteiger partial charge in [-0.25, -0.2) is 0 Å². The number of aliphatic hydroxyl groups excluding tert-OH is 1. The van der Waals surface area contributed by atoms with Crippen molar-refractivity contribution in [2.24, 2.45) is 0 Å². The van der Waals surface area contributed by atoms with Crippen molar-refractivity contribution in [2.75, 3.05) is 25.5 Å². The van der Waals surface area contributed by atoms with Crippen LogP contribution in [-0.4, -0.2) is 41.7 Å². The number of nitrogens with zero attached hydrogens (tertiary/aromatic N) is 1. The van der Waals surface area contributed by atoms with E-state index in [1.54, 1.807) is 19.2 Å². The van der Waals surface area contributed by atoms with Crippen molar-refractivity contribution in [1.29, 1.82) is 0 Å². The smallest absolute Gasteiger partial charge is 0.256 e. The summed E-state index contributed by atoms with van der Waals surface area (Å²) in [5.74, 6) is -0.162. The molecule has 1 aromatic carbocycles. The quantitative estimate of drug-likeness (QED) is 0.849. The molecule has 0 aliphatic carbocycles. The van der Waals surface area contributed by atoms with Gasteiger partial charge in [-0.05, 0) is 38.5 Å². The third-order valence-electron chi connectivity index (χ3n) is 3.38. The number of aliphatic hydroxyl groups is 1. The number of nitrogens with one attached hydrogen (secondary N) is 1. The number of likely N-dealkylation sites (N-methyl/N-ethyl adjacent to an activating group) is 1. The predicted molar refractivity (Wildman–Crippen MR) is 83.5 cm³/mol. The maximum Gasteiger partial charge on any atom is 0.256 e. The summed E-state index contributed by atoms with van der Waals surface area (Å²) >= 11 is 6.00. The lowest BCUT2D eigenvalue weighted by Crippen LogP contribution is -2.47. The van der Waals surface area contributed by atoms with E-state index in [2.05, 4.69) is 12.2 Å². The van der Waals surface area contributed by atoms with E-state index in [1.165, 1.54) is 4.90 Å². The number of carbonyl (C=O) groups excluding carboxylic acids is 1. The highest BCUT2D eigenvalue weighted by molar-refractivity contribution is 6.31. The zero-order valence-corrected chi connectivity index (χ0v) is 13.3. The van der Waals surface area contributed by atoms with Gasteiger partial charge in [0.1, 0.15) is 0 Å². The zero-order chi connectivity index (χ0) is 15.3. The molecule has 0 atom stereocenters. The number of anilines is 1. The number of hydrogen-bond acceptors (Lipinski definition) is 3. The van der Waals surface area contributed by atoms with Crippen molar-refractivity contribution in [1.82, 2.24) is 4.90 Å². The fourth-order valence-corrected chi connectivity index (χ4v) is 1.84. The van der Waals surface area contributed by atoms with Crippen molar-refractivity contribution >= 4 is 23.2 Å². The summed E-state index contributed by atoms with van der Waals surface area (Å²) < 4.78 is 0. The minimum atomic E-state index is -0.624. The highest BCUT2D eigenvalue weighted by Gasteiger charge is 2.28. The molecular weight excluding hydrogens is 276 g/mol. The molecule has 0 fully saturated rings. The summed E-state index contributed by atoms with van der Waals surface area (Å²) in [7, 11) is 1.68. The fourth-order valence-electron chi connectivity index (χ4n) is 1.67. The van der Waals surface area contributed by atoms with Gasteiger partial charge in [-0.15, -0.1) is 0 Å². The molecule has 1 aromatic rings. The number of halogens is 1. The second-order valence-electron chi connectivity index (χ2n) is 5.45. The summed E-state index contributed by atoms with van der Waals surface area (Å²) in [6.07, 6.45) is 0.966. The molecular formula is C15H23ClN2O2. The molecule has 0 bridgehead atoms. The van der Waals surface area contributed by atoms with Gasteiger partial charge in [0.05, 0.1) is 17.7 Å². The molecule has 0 aliphatic rings. The Morgan fingerprint density at radius 2 is 2.10 bits per heavy atom. The normalized spacial score (nSPS) is 11.3. The molecule has 5 heteroatoms. The average Bonchev–Trinajstić information content (AvgIpc) is 2.44. The van der Waals surface area contributed by atoms with Crippen LogP contribution in [0.5, 0.6) is 0 Å². The number of rotatable bonds is 6. The summed E-state index contributed by atoms with van der Waals surface area (Å²) in [6, 6.07) is 5.23. The van der Waals surface area contributed by atoms with Crippen LogP contribution in [0, 0.1) is 0 Å². The summed E-state index contributed by atoms with van der Waals surface area (Å²) in [4.78, 5) is 14.1. The van der Waals surface area contributed by atoms with Crippen molar-refractivity contribution in [3.63, 3.8) is 0 Å². The van der Waals surface area contributed by atoms with Crippen LogP contribution >= 0.6 is 11.6 Å². The Hall–Kier alpha value is -1.26. The first kappa shape index (κ1) is 16.8. The Morgan fingerprint density at radius 1 is 1.45 bits per heavy atom. The van der Waals surface area contributed by atoms with E-state index in [0.29, 0.717) is 10.6 Å². The van der Waals surface area contributed by atoms with E-state index in [1.807, 2.05) is 19.9 Å². The molecule has 0 aliphatic heterocycles. The van der Waals surface area contributed by atoms with Gasteiger partial charge >= 0.3 is 0 Å². The third-order valence-corrected chi connectivity index (χ3v) is 3.61. The van der Waals surface area contributed by atoms with Crippen LogP contribution < -0.4 is 5.32 Å². The predicted octanol–water partition coefficient (Wildman–Crippen LogP) is 3.00. The SMILES string of the molecule is CCCNc1ccc(Cl)cc1C(=O)N(C)C(C)(C)CO. The standard InChI is InChI=1S/C15H23ClN2O2/c1-5-8-17-13-7-6-11(16)9-12(13)14(20)18(4)15(2,3)10-19/h6-7,9,17,19H,5,8,10H2,1-4H3. The minimum absolute atomic E-state index is 0.104. The van der Waals surface area contributed by atoms with Crippen LogP contribution in [0.1, 0.15) is 37.6 Å². The van der Waals surface area contributed by atoms with E-state index in [9.17, 15) is 9.90 Å². The Bertz CT molecular complexity index is 475. The van der Waals surface area contributed by atoms with Crippen LogP contribution in [0.15, 0.2) is 18.2 Å². The maximum atomic E-state index is 12.6. The molecule has 0 saturated heterocycles. The van der Waals surface area contributed by atoms with Gasteiger partial charge in [0.25, 0.3) is 5.91 Å². The van der Waals surface area contributed by atoms with E-state index in [-0.39, 0.29) is 12.5 Å². The van der Waals surface area contributed by atoms with Gasteiger partial charge in [0.15, 0.2) is 0 Å². The van der Waals surface area contributed by atoms with Gasteiger partial charge < -0.3 is 15.3 Å². The van der Waals surface area contributed by atoms with Crippen molar-refractivity contribution in [3.8, 4) is 0 Å². The fraction of sp³-hybridized carbons (Fsp3) is 0.533. The second kappa shape index (κ2) is 6.95. The highest BCUT2D eigenvalue weighted by Crippen LogP contribution is 2.24. The second-order valence-corrected chi connectivity index (χ2v) is 5.89. The molecule has 112 valence electrons.